The molecule has 1 aliphatic rings. The maximum atomic E-state index is 12.1. The summed E-state index contributed by atoms with van der Waals surface area (Å²) < 4.78 is 26.8. The summed E-state index contributed by atoms with van der Waals surface area (Å²) >= 11 is 0. The first kappa shape index (κ1) is 13.3. The Labute approximate surface area is 119 Å². The van der Waals surface area contributed by atoms with E-state index < -0.39 is 10.0 Å². The summed E-state index contributed by atoms with van der Waals surface area (Å²) in [6.07, 6.45) is 2.56. The maximum Gasteiger partial charge on any atom is 0.240 e. The van der Waals surface area contributed by atoms with Crippen LogP contribution >= 0.6 is 0 Å². The third kappa shape index (κ3) is 3.08. The molecule has 1 fully saturated rings. The van der Waals surface area contributed by atoms with E-state index in [0.717, 1.165) is 11.5 Å². The molecule has 1 N–H and O–H groups in total. The minimum absolute atomic E-state index is 0.301. The van der Waals surface area contributed by atoms with E-state index in [1.165, 1.54) is 18.4 Å². The molecule has 2 aromatic carbocycles. The Bertz CT molecular complexity index is 674. The van der Waals surface area contributed by atoms with Gasteiger partial charge in [0.1, 0.15) is 0 Å². The normalized spacial score (nSPS) is 15.2. The van der Waals surface area contributed by atoms with Crippen LogP contribution < -0.4 is 4.72 Å². The van der Waals surface area contributed by atoms with Gasteiger partial charge >= 0.3 is 0 Å². The predicted molar refractivity (Wildman–Crippen MR) is 78.9 cm³/mol. The predicted octanol–water partition coefficient (Wildman–Crippen LogP) is 3.04. The van der Waals surface area contributed by atoms with Crippen LogP contribution in [0.2, 0.25) is 0 Å². The van der Waals surface area contributed by atoms with Crippen LogP contribution in [0.4, 0.5) is 0 Å². The molecule has 3 rings (SSSR count). The molecule has 1 aliphatic carbocycles. The van der Waals surface area contributed by atoms with E-state index in [2.05, 4.69) is 16.9 Å². The Kier molecular flexibility index (Phi) is 3.59. The summed E-state index contributed by atoms with van der Waals surface area (Å²) in [5.41, 5.74) is 2.34. The first-order valence-corrected chi connectivity index (χ1v) is 8.27. The summed E-state index contributed by atoms with van der Waals surface area (Å²) in [6, 6.07) is 16.6. The van der Waals surface area contributed by atoms with Crippen molar-refractivity contribution in [3.8, 4) is 0 Å². The summed E-state index contributed by atoms with van der Waals surface area (Å²) in [7, 11) is -3.42. The fraction of sp³-hybridized carbons (Fsp3) is 0.250. The molecule has 0 aliphatic heterocycles. The molecule has 0 spiro atoms. The van der Waals surface area contributed by atoms with Crippen LogP contribution in [0.15, 0.2) is 59.5 Å². The van der Waals surface area contributed by atoms with Crippen molar-refractivity contribution in [2.24, 2.45) is 0 Å². The van der Waals surface area contributed by atoms with Crippen LogP contribution in [0.5, 0.6) is 0 Å². The van der Waals surface area contributed by atoms with Crippen molar-refractivity contribution in [3.05, 3.63) is 65.7 Å². The quantitative estimate of drug-likeness (QED) is 0.918. The van der Waals surface area contributed by atoms with Gasteiger partial charge in [-0.25, -0.2) is 13.1 Å². The summed E-state index contributed by atoms with van der Waals surface area (Å²) in [6.45, 7) is 0.322. The Morgan fingerprint density at radius 2 is 1.60 bits per heavy atom. The van der Waals surface area contributed by atoms with Crippen molar-refractivity contribution in [2.75, 3.05) is 0 Å². The van der Waals surface area contributed by atoms with Crippen LogP contribution in [0, 0.1) is 0 Å². The van der Waals surface area contributed by atoms with Gasteiger partial charge in [-0.1, -0.05) is 42.5 Å². The van der Waals surface area contributed by atoms with Gasteiger partial charge in [0, 0.05) is 6.54 Å². The van der Waals surface area contributed by atoms with E-state index in [0.29, 0.717) is 11.4 Å². The number of rotatable bonds is 5. The molecule has 1 saturated carbocycles. The van der Waals surface area contributed by atoms with E-state index in [-0.39, 0.29) is 0 Å². The van der Waals surface area contributed by atoms with Crippen molar-refractivity contribution >= 4 is 10.0 Å². The highest BCUT2D eigenvalue weighted by atomic mass is 32.2. The monoisotopic (exact) mass is 287 g/mol. The standard InChI is InChI=1S/C16H17NO2S/c18-20(19,16-4-2-1-3-5-16)17-12-13-6-8-14(9-7-13)15-10-11-15/h1-9,15,17H,10-12H2. The molecular weight excluding hydrogens is 270 g/mol. The second-order valence-corrected chi connectivity index (χ2v) is 6.92. The van der Waals surface area contributed by atoms with Crippen molar-refractivity contribution in [1.29, 1.82) is 0 Å². The molecule has 0 radical (unpaired) electrons. The number of hydrogen-bond acceptors (Lipinski definition) is 2. The highest BCUT2D eigenvalue weighted by molar-refractivity contribution is 7.89. The highest BCUT2D eigenvalue weighted by Crippen LogP contribution is 2.39. The van der Waals surface area contributed by atoms with Crippen LogP contribution in [-0.4, -0.2) is 8.42 Å². The molecule has 4 heteroatoms. The zero-order valence-electron chi connectivity index (χ0n) is 11.1. The number of sulfonamides is 1. The van der Waals surface area contributed by atoms with Crippen LogP contribution in [0.25, 0.3) is 0 Å². The van der Waals surface area contributed by atoms with Gasteiger partial charge in [-0.3, -0.25) is 0 Å². The average Bonchev–Trinajstić information content (AvgIpc) is 3.31. The third-order valence-corrected chi connectivity index (χ3v) is 4.97. The molecule has 0 aromatic heterocycles. The lowest BCUT2D eigenvalue weighted by Gasteiger charge is -2.07. The summed E-state index contributed by atoms with van der Waals surface area (Å²) in [4.78, 5) is 0.301. The van der Waals surface area contributed by atoms with Gasteiger partial charge in [0.15, 0.2) is 0 Å². The lowest BCUT2D eigenvalue weighted by molar-refractivity contribution is 0.581. The largest absolute Gasteiger partial charge is 0.240 e. The zero-order valence-corrected chi connectivity index (χ0v) is 11.9. The fourth-order valence-electron chi connectivity index (χ4n) is 2.19. The zero-order chi connectivity index (χ0) is 14.0. The number of benzene rings is 2. The second-order valence-electron chi connectivity index (χ2n) is 5.15. The molecule has 0 amide bonds. The highest BCUT2D eigenvalue weighted by Gasteiger charge is 2.23. The molecule has 2 aromatic rings. The topological polar surface area (TPSA) is 46.2 Å². The van der Waals surface area contributed by atoms with E-state index in [1.807, 2.05) is 12.1 Å². The molecule has 104 valence electrons. The van der Waals surface area contributed by atoms with Gasteiger partial charge in [0.25, 0.3) is 0 Å². The summed E-state index contributed by atoms with van der Waals surface area (Å²) in [5.74, 6) is 0.727. The molecule has 0 heterocycles. The Balaban J connectivity index is 1.66. The first-order chi connectivity index (χ1) is 9.65. The van der Waals surface area contributed by atoms with Crippen molar-refractivity contribution in [3.63, 3.8) is 0 Å². The van der Waals surface area contributed by atoms with Crippen LogP contribution in [0.3, 0.4) is 0 Å². The molecule has 20 heavy (non-hydrogen) atoms. The van der Waals surface area contributed by atoms with Crippen molar-refractivity contribution in [2.45, 2.75) is 30.2 Å². The SMILES string of the molecule is O=S(=O)(NCc1ccc(C2CC2)cc1)c1ccccc1. The van der Waals surface area contributed by atoms with Gasteiger partial charge in [0.05, 0.1) is 4.90 Å². The van der Waals surface area contributed by atoms with Gasteiger partial charge in [-0.2, -0.15) is 0 Å². The number of nitrogens with one attached hydrogen (secondary N) is 1. The van der Waals surface area contributed by atoms with Crippen molar-refractivity contribution in [1.82, 2.24) is 4.72 Å². The van der Waals surface area contributed by atoms with Crippen molar-refractivity contribution < 1.29 is 8.42 Å². The average molecular weight is 287 g/mol. The Hall–Kier alpha value is -1.65. The van der Waals surface area contributed by atoms with Gasteiger partial charge in [0.2, 0.25) is 10.0 Å². The second kappa shape index (κ2) is 5.38. The molecule has 0 unspecified atom stereocenters. The Morgan fingerprint density at radius 1 is 0.950 bits per heavy atom. The molecule has 0 saturated heterocycles. The molecule has 0 bridgehead atoms. The Morgan fingerprint density at radius 3 is 2.20 bits per heavy atom. The van der Waals surface area contributed by atoms with Crippen LogP contribution in [-0.2, 0) is 16.6 Å². The minimum atomic E-state index is -3.42. The van der Waals surface area contributed by atoms with E-state index in [9.17, 15) is 8.42 Å². The molecule has 3 nitrogen and oxygen atoms in total. The van der Waals surface area contributed by atoms with E-state index in [4.69, 9.17) is 0 Å². The summed E-state index contributed by atoms with van der Waals surface area (Å²) in [5, 5.41) is 0. The first-order valence-electron chi connectivity index (χ1n) is 6.79. The van der Waals surface area contributed by atoms with Crippen LogP contribution in [0.1, 0.15) is 29.9 Å². The third-order valence-electron chi connectivity index (χ3n) is 3.55. The minimum Gasteiger partial charge on any atom is -0.207 e. The van der Waals surface area contributed by atoms with Gasteiger partial charge in [-0.05, 0) is 42.0 Å². The van der Waals surface area contributed by atoms with Gasteiger partial charge < -0.3 is 0 Å². The smallest absolute Gasteiger partial charge is 0.207 e. The van der Waals surface area contributed by atoms with E-state index >= 15 is 0 Å². The maximum absolute atomic E-state index is 12.1. The van der Waals surface area contributed by atoms with Gasteiger partial charge in [-0.15, -0.1) is 0 Å². The number of hydrogen-bond donors (Lipinski definition) is 1. The lowest BCUT2D eigenvalue weighted by atomic mass is 10.1. The lowest BCUT2D eigenvalue weighted by Crippen LogP contribution is -2.23. The molecule has 0 atom stereocenters. The van der Waals surface area contributed by atoms with E-state index in [1.54, 1.807) is 30.3 Å². The molecular formula is C16H17NO2S. The fourth-order valence-corrected chi connectivity index (χ4v) is 3.22.